The summed E-state index contributed by atoms with van der Waals surface area (Å²) in [7, 11) is -3.71. The topological polar surface area (TPSA) is 125 Å². The quantitative estimate of drug-likeness (QED) is 0.379. The first-order valence-electron chi connectivity index (χ1n) is 10.6. The molecule has 0 spiro atoms. The Morgan fingerprint density at radius 2 is 1.94 bits per heavy atom. The van der Waals surface area contributed by atoms with Crippen LogP contribution in [0.1, 0.15) is 5.69 Å². The van der Waals surface area contributed by atoms with E-state index in [1.54, 1.807) is 42.7 Å². The number of hydrogen-bond acceptors (Lipinski definition) is 8. The Balaban J connectivity index is 1.41. The number of anilines is 2. The van der Waals surface area contributed by atoms with Gasteiger partial charge in [0.15, 0.2) is 5.03 Å². The number of fused-ring (bicyclic) bond motifs is 1. The highest BCUT2D eigenvalue weighted by Crippen LogP contribution is 2.25. The van der Waals surface area contributed by atoms with E-state index in [4.69, 9.17) is 5.11 Å². The monoisotopic (exact) mass is 483 g/mol. The van der Waals surface area contributed by atoms with Crippen molar-refractivity contribution in [1.82, 2.24) is 29.4 Å². The third-order valence-corrected chi connectivity index (χ3v) is 7.32. The van der Waals surface area contributed by atoms with Crippen LogP contribution in [0, 0.1) is 5.82 Å². The number of sulfonamides is 1. The summed E-state index contributed by atoms with van der Waals surface area (Å²) in [6.45, 7) is 1.77. The highest BCUT2D eigenvalue weighted by Gasteiger charge is 2.27. The maximum Gasteiger partial charge on any atom is 0.260 e. The van der Waals surface area contributed by atoms with Crippen LogP contribution in [0.2, 0.25) is 0 Å². The summed E-state index contributed by atoms with van der Waals surface area (Å²) in [5.41, 5.74) is 1.60. The van der Waals surface area contributed by atoms with Crippen LogP contribution in [0.4, 0.5) is 15.9 Å². The lowest BCUT2D eigenvalue weighted by Crippen LogP contribution is -2.46. The number of aliphatic hydroxyl groups excluding tert-OH is 1. The molecule has 10 nitrogen and oxygen atoms in total. The number of halogens is 1. The van der Waals surface area contributed by atoms with Gasteiger partial charge in [-0.2, -0.15) is 9.40 Å². The molecular weight excluding hydrogens is 461 g/mol. The molecule has 12 heteroatoms. The van der Waals surface area contributed by atoms with Gasteiger partial charge in [0.25, 0.3) is 10.0 Å². The van der Waals surface area contributed by atoms with Crippen molar-refractivity contribution in [3.8, 4) is 5.69 Å². The van der Waals surface area contributed by atoms with Crippen molar-refractivity contribution in [2.45, 2.75) is 11.6 Å². The van der Waals surface area contributed by atoms with Crippen molar-refractivity contribution in [2.24, 2.45) is 0 Å². The molecule has 4 heterocycles. The molecule has 0 unspecified atom stereocenters. The first kappa shape index (κ1) is 22.3. The van der Waals surface area contributed by atoms with E-state index in [0.717, 1.165) is 0 Å². The fraction of sp³-hybridized carbons (Fsp3) is 0.227. The predicted octanol–water partition coefficient (Wildman–Crippen LogP) is 1.78. The maximum atomic E-state index is 14.8. The number of nitrogens with zero attached hydrogens (tertiary/aromatic N) is 5. The molecular formula is C22H22FN7O3S. The number of aliphatic hydroxyl groups is 1. The van der Waals surface area contributed by atoms with Crippen LogP contribution in [-0.4, -0.2) is 63.8 Å². The van der Waals surface area contributed by atoms with Gasteiger partial charge in [0.1, 0.15) is 11.6 Å². The average molecular weight is 484 g/mol. The second-order valence-electron chi connectivity index (χ2n) is 7.76. The smallest absolute Gasteiger partial charge is 0.260 e. The van der Waals surface area contributed by atoms with Gasteiger partial charge in [-0.05, 0) is 30.3 Å². The Bertz CT molecular complexity index is 1450. The van der Waals surface area contributed by atoms with E-state index < -0.39 is 15.8 Å². The molecule has 0 aliphatic carbocycles. The minimum atomic E-state index is -3.71. The number of aromatic nitrogens is 4. The van der Waals surface area contributed by atoms with E-state index in [1.165, 1.54) is 21.1 Å². The van der Waals surface area contributed by atoms with E-state index in [-0.39, 0.29) is 17.3 Å². The second-order valence-corrected chi connectivity index (χ2v) is 9.65. The lowest BCUT2D eigenvalue weighted by Gasteiger charge is -2.26. The zero-order valence-corrected chi connectivity index (χ0v) is 18.8. The number of piperazine rings is 1. The Morgan fingerprint density at radius 1 is 1.12 bits per heavy atom. The zero-order chi connectivity index (χ0) is 23.7. The van der Waals surface area contributed by atoms with Gasteiger partial charge in [-0.25, -0.2) is 27.5 Å². The van der Waals surface area contributed by atoms with Crippen LogP contribution >= 0.6 is 0 Å². The van der Waals surface area contributed by atoms with Crippen molar-refractivity contribution >= 4 is 32.4 Å². The van der Waals surface area contributed by atoms with Crippen molar-refractivity contribution in [3.63, 3.8) is 0 Å². The largest absolute Gasteiger partial charge is 0.390 e. The molecule has 4 aromatic rings. The van der Waals surface area contributed by atoms with Gasteiger partial charge >= 0.3 is 0 Å². The average Bonchev–Trinajstić information content (AvgIpc) is 3.35. The van der Waals surface area contributed by atoms with Gasteiger partial charge in [0.2, 0.25) is 0 Å². The fourth-order valence-electron chi connectivity index (χ4n) is 3.70. The van der Waals surface area contributed by atoms with E-state index in [0.29, 0.717) is 54.3 Å². The molecule has 0 atom stereocenters. The normalized spacial score (nSPS) is 15.0. The molecule has 0 saturated carbocycles. The number of rotatable bonds is 6. The standard InChI is InChI=1S/C22H22FN7O3S/c23-18-11-17(30-8-5-16(14-31)28-30)2-3-19(18)26-21-12-20-15(13-25-21)1-4-22(27-20)34(32,33)29-9-6-24-7-10-29/h1-5,8,11-13,24,31H,6-7,9-10,14H2,(H,25,26). The maximum absolute atomic E-state index is 14.8. The van der Waals surface area contributed by atoms with Crippen molar-refractivity contribution in [2.75, 3.05) is 31.5 Å². The summed E-state index contributed by atoms with van der Waals surface area (Å²) in [4.78, 5) is 8.64. The van der Waals surface area contributed by atoms with E-state index in [2.05, 4.69) is 25.7 Å². The fourth-order valence-corrected chi connectivity index (χ4v) is 5.08. The van der Waals surface area contributed by atoms with Gasteiger partial charge in [-0.1, -0.05) is 0 Å². The third-order valence-electron chi connectivity index (χ3n) is 5.51. The molecule has 3 N–H and O–H groups in total. The van der Waals surface area contributed by atoms with E-state index in [9.17, 15) is 12.8 Å². The van der Waals surface area contributed by atoms with E-state index >= 15 is 0 Å². The van der Waals surface area contributed by atoms with Crippen LogP contribution in [-0.2, 0) is 16.6 Å². The summed E-state index contributed by atoms with van der Waals surface area (Å²) in [5, 5.41) is 20.0. The van der Waals surface area contributed by atoms with Gasteiger partial charge < -0.3 is 15.7 Å². The van der Waals surface area contributed by atoms with Crippen molar-refractivity contribution in [1.29, 1.82) is 0 Å². The van der Waals surface area contributed by atoms with Gasteiger partial charge in [-0.15, -0.1) is 0 Å². The molecule has 3 aromatic heterocycles. The third kappa shape index (κ3) is 4.35. The summed E-state index contributed by atoms with van der Waals surface area (Å²) >= 11 is 0. The van der Waals surface area contributed by atoms with Gasteiger partial charge in [-0.3, -0.25) is 0 Å². The van der Waals surface area contributed by atoms with Gasteiger partial charge in [0.05, 0.1) is 29.2 Å². The minimum Gasteiger partial charge on any atom is -0.390 e. The summed E-state index contributed by atoms with van der Waals surface area (Å²) in [6, 6.07) is 10.9. The van der Waals surface area contributed by atoms with Crippen LogP contribution in [0.15, 0.2) is 59.9 Å². The van der Waals surface area contributed by atoms with Crippen LogP contribution in [0.25, 0.3) is 16.6 Å². The first-order valence-corrected chi connectivity index (χ1v) is 12.1. The molecule has 0 radical (unpaired) electrons. The highest BCUT2D eigenvalue weighted by molar-refractivity contribution is 7.89. The zero-order valence-electron chi connectivity index (χ0n) is 18.0. The molecule has 1 aromatic carbocycles. The summed E-state index contributed by atoms with van der Waals surface area (Å²) < 4.78 is 43.6. The molecule has 0 amide bonds. The summed E-state index contributed by atoms with van der Waals surface area (Å²) in [5.74, 6) is -0.200. The van der Waals surface area contributed by atoms with E-state index in [1.807, 2.05) is 0 Å². The van der Waals surface area contributed by atoms with Crippen LogP contribution in [0.3, 0.4) is 0 Å². The number of nitrogens with one attached hydrogen (secondary N) is 2. The first-order chi connectivity index (χ1) is 16.4. The van der Waals surface area contributed by atoms with Crippen molar-refractivity contribution < 1.29 is 17.9 Å². The Hall–Kier alpha value is -3.45. The van der Waals surface area contributed by atoms with Crippen molar-refractivity contribution in [3.05, 3.63) is 66.4 Å². The minimum absolute atomic E-state index is 0.0314. The molecule has 1 fully saturated rings. The second kappa shape index (κ2) is 9.06. The summed E-state index contributed by atoms with van der Waals surface area (Å²) in [6.07, 6.45) is 3.19. The Kier molecular flexibility index (Phi) is 5.96. The molecule has 1 saturated heterocycles. The Morgan fingerprint density at radius 3 is 2.68 bits per heavy atom. The molecule has 5 rings (SSSR count). The highest BCUT2D eigenvalue weighted by atomic mass is 32.2. The lowest BCUT2D eigenvalue weighted by molar-refractivity contribution is 0.276. The number of pyridine rings is 2. The molecule has 176 valence electrons. The number of benzene rings is 1. The van der Waals surface area contributed by atoms with Gasteiger partial charge in [0, 0.05) is 56.1 Å². The molecule has 0 bridgehead atoms. The van der Waals surface area contributed by atoms with Crippen LogP contribution in [0.5, 0.6) is 0 Å². The Labute approximate surface area is 195 Å². The lowest BCUT2D eigenvalue weighted by atomic mass is 10.2. The predicted molar refractivity (Wildman–Crippen MR) is 124 cm³/mol. The number of hydrogen-bond donors (Lipinski definition) is 3. The molecule has 34 heavy (non-hydrogen) atoms. The SMILES string of the molecule is O=S(=O)(c1ccc2cnc(Nc3ccc(-n4ccc(CO)n4)cc3F)cc2n1)N1CCNCC1. The molecule has 1 aliphatic heterocycles. The molecule has 1 aliphatic rings. The van der Waals surface area contributed by atoms with Crippen LogP contribution < -0.4 is 10.6 Å².